The third-order valence-corrected chi connectivity index (χ3v) is 9.09. The van der Waals surface area contributed by atoms with E-state index in [0.717, 1.165) is 54.9 Å². The van der Waals surface area contributed by atoms with Gasteiger partial charge in [-0.25, -0.2) is 9.37 Å². The molecule has 0 spiro atoms. The lowest BCUT2D eigenvalue weighted by atomic mass is 10.0. The average molecular weight is 572 g/mol. The summed E-state index contributed by atoms with van der Waals surface area (Å²) in [7, 11) is 0. The summed E-state index contributed by atoms with van der Waals surface area (Å²) in [6.07, 6.45) is 9.23. The van der Waals surface area contributed by atoms with E-state index in [-0.39, 0.29) is 16.2 Å². The second-order valence-corrected chi connectivity index (χ2v) is 11.8. The molecule has 1 unspecified atom stereocenters. The summed E-state index contributed by atoms with van der Waals surface area (Å²) in [5.74, 6) is -0.0775. The number of nitrogens with two attached hydrogens (primary N) is 1. The number of nitrogen functional groups attached to an aromatic ring is 1. The number of halogens is 3. The quantitative estimate of drug-likeness (QED) is 0.246. The highest BCUT2D eigenvalue weighted by Crippen LogP contribution is 2.44. The Kier molecular flexibility index (Phi) is 8.17. The third kappa shape index (κ3) is 5.65. The van der Waals surface area contributed by atoms with Gasteiger partial charge in [-0.1, -0.05) is 41.4 Å². The number of carbonyl (C=O) groups excluding carboxylic acids is 1. The number of hydrogen-bond acceptors (Lipinski definition) is 5. The van der Waals surface area contributed by atoms with Crippen molar-refractivity contribution in [3.63, 3.8) is 0 Å². The van der Waals surface area contributed by atoms with E-state index in [9.17, 15) is 9.18 Å². The summed E-state index contributed by atoms with van der Waals surface area (Å²) in [5, 5.41) is 0.157. The number of anilines is 1. The molecule has 1 fully saturated rings. The smallest absolute Gasteiger partial charge is 0.253 e. The van der Waals surface area contributed by atoms with Gasteiger partial charge in [0.15, 0.2) is 0 Å². The molecule has 1 saturated heterocycles. The number of amides is 1. The van der Waals surface area contributed by atoms with E-state index in [0.29, 0.717) is 28.0 Å². The van der Waals surface area contributed by atoms with Crippen LogP contribution < -0.4 is 5.73 Å². The van der Waals surface area contributed by atoms with E-state index in [1.807, 2.05) is 42.2 Å². The maximum atomic E-state index is 14.0. The number of piperidine rings is 1. The molecule has 1 amide bonds. The molecule has 2 aliphatic heterocycles. The fourth-order valence-electron chi connectivity index (χ4n) is 5.07. The van der Waals surface area contributed by atoms with Crippen molar-refractivity contribution < 1.29 is 9.18 Å². The molecule has 1 atom stereocenters. The van der Waals surface area contributed by atoms with E-state index in [1.54, 1.807) is 6.20 Å². The molecule has 0 radical (unpaired) electrons. The second kappa shape index (κ2) is 11.6. The van der Waals surface area contributed by atoms with Crippen LogP contribution in [-0.2, 0) is 0 Å². The minimum Gasteiger partial charge on any atom is -0.383 e. The summed E-state index contributed by atoms with van der Waals surface area (Å²) in [4.78, 5) is 22.6. The van der Waals surface area contributed by atoms with Gasteiger partial charge in [0.05, 0.1) is 9.92 Å². The first-order valence-corrected chi connectivity index (χ1v) is 14.3. The molecule has 0 aliphatic carbocycles. The minimum absolute atomic E-state index is 0.0116. The number of likely N-dealkylation sites (tertiary alicyclic amines) is 1. The molecule has 198 valence electrons. The lowest BCUT2D eigenvalue weighted by Gasteiger charge is -2.37. The van der Waals surface area contributed by atoms with Crippen molar-refractivity contribution >= 4 is 46.7 Å². The third-order valence-electron chi connectivity index (χ3n) is 7.21. The van der Waals surface area contributed by atoms with Gasteiger partial charge in [-0.2, -0.15) is 0 Å². The minimum atomic E-state index is -0.513. The number of aromatic nitrogens is 1. The van der Waals surface area contributed by atoms with Crippen molar-refractivity contribution in [3.8, 4) is 11.1 Å². The van der Waals surface area contributed by atoms with Crippen molar-refractivity contribution in [1.29, 1.82) is 0 Å². The fourth-order valence-corrected chi connectivity index (χ4v) is 7.01. The number of nitrogens with zero attached hydrogens (tertiary/aromatic N) is 3. The first kappa shape index (κ1) is 26.9. The van der Waals surface area contributed by atoms with Gasteiger partial charge in [-0.05, 0) is 68.3 Å². The molecule has 9 heteroatoms. The highest BCUT2D eigenvalue weighted by molar-refractivity contribution is 7.99. The van der Waals surface area contributed by atoms with Crippen molar-refractivity contribution in [3.05, 3.63) is 87.9 Å². The maximum Gasteiger partial charge on any atom is 0.253 e. The zero-order chi connectivity index (χ0) is 26.8. The number of thioether (sulfide) groups is 1. The summed E-state index contributed by atoms with van der Waals surface area (Å²) in [6.45, 7) is 4.53. The van der Waals surface area contributed by atoms with Crippen molar-refractivity contribution in [2.24, 2.45) is 0 Å². The van der Waals surface area contributed by atoms with Crippen LogP contribution in [0.4, 0.5) is 10.2 Å². The zero-order valence-corrected chi connectivity index (χ0v) is 23.4. The Hall–Kier alpha value is -2.74. The Labute approximate surface area is 236 Å². The largest absolute Gasteiger partial charge is 0.383 e. The molecule has 5 nitrogen and oxygen atoms in total. The van der Waals surface area contributed by atoms with Crippen LogP contribution in [-0.4, -0.2) is 46.4 Å². The van der Waals surface area contributed by atoms with Crippen LogP contribution in [0.1, 0.15) is 47.4 Å². The molecule has 3 aromatic rings. The first-order valence-electron chi connectivity index (χ1n) is 12.7. The Bertz CT molecular complexity index is 1360. The van der Waals surface area contributed by atoms with E-state index < -0.39 is 5.82 Å². The predicted molar refractivity (Wildman–Crippen MR) is 154 cm³/mol. The van der Waals surface area contributed by atoms with Gasteiger partial charge in [0.25, 0.3) is 5.91 Å². The van der Waals surface area contributed by atoms with E-state index in [1.165, 1.54) is 23.9 Å². The molecule has 2 aliphatic rings. The van der Waals surface area contributed by atoms with Gasteiger partial charge in [0.2, 0.25) is 0 Å². The summed E-state index contributed by atoms with van der Waals surface area (Å²) < 4.78 is 14.0. The molecule has 38 heavy (non-hydrogen) atoms. The monoisotopic (exact) mass is 570 g/mol. The van der Waals surface area contributed by atoms with E-state index in [2.05, 4.69) is 22.2 Å². The van der Waals surface area contributed by atoms with Crippen molar-refractivity contribution in [2.75, 3.05) is 25.4 Å². The van der Waals surface area contributed by atoms with Crippen LogP contribution in [0.5, 0.6) is 0 Å². The van der Waals surface area contributed by atoms with Gasteiger partial charge >= 0.3 is 0 Å². The van der Waals surface area contributed by atoms with Crippen LogP contribution in [0.2, 0.25) is 10.0 Å². The highest BCUT2D eigenvalue weighted by atomic mass is 35.5. The van der Waals surface area contributed by atoms with Crippen LogP contribution >= 0.6 is 35.0 Å². The summed E-state index contributed by atoms with van der Waals surface area (Å²) >= 11 is 13.9. The Morgan fingerprint density at radius 1 is 1.11 bits per heavy atom. The molecule has 2 N–H and O–H groups in total. The topological polar surface area (TPSA) is 62.5 Å². The molecule has 1 aromatic heterocycles. The molecule has 3 heterocycles. The summed E-state index contributed by atoms with van der Waals surface area (Å²) in [6, 6.07) is 12.8. The van der Waals surface area contributed by atoms with Gasteiger partial charge in [-0.3, -0.25) is 4.79 Å². The van der Waals surface area contributed by atoms with Gasteiger partial charge < -0.3 is 15.5 Å². The highest BCUT2D eigenvalue weighted by Gasteiger charge is 2.27. The van der Waals surface area contributed by atoms with Crippen LogP contribution in [0.3, 0.4) is 0 Å². The van der Waals surface area contributed by atoms with Gasteiger partial charge in [0, 0.05) is 58.8 Å². The number of hydrogen-bond donors (Lipinski definition) is 1. The number of benzene rings is 2. The van der Waals surface area contributed by atoms with Crippen LogP contribution in [0, 0.1) is 5.82 Å². The molecule has 0 bridgehead atoms. The molecule has 0 saturated carbocycles. The fraction of sp³-hybridized carbons (Fsp3) is 0.310. The molecular weight excluding hydrogens is 542 g/mol. The lowest BCUT2D eigenvalue weighted by Crippen LogP contribution is -2.44. The van der Waals surface area contributed by atoms with Crippen LogP contribution in [0.25, 0.3) is 11.1 Å². The normalized spacial score (nSPS) is 16.7. The molecule has 5 rings (SSSR count). The van der Waals surface area contributed by atoms with E-state index >= 15 is 0 Å². The average Bonchev–Trinajstić information content (AvgIpc) is 3.47. The SMILES string of the molecule is CC(Sc1cc(-c2ccc(C(=O)N3CCC(N4C=CCC4)CC3)cc2)cnc1N)c1c(Cl)ccc(F)c1Cl. The maximum absolute atomic E-state index is 14.0. The predicted octanol–water partition coefficient (Wildman–Crippen LogP) is 7.45. The van der Waals surface area contributed by atoms with Crippen molar-refractivity contribution in [2.45, 2.75) is 42.4 Å². The number of rotatable bonds is 6. The number of pyridine rings is 1. The summed E-state index contributed by atoms with van der Waals surface area (Å²) in [5.41, 5.74) is 9.15. The Morgan fingerprint density at radius 3 is 2.53 bits per heavy atom. The van der Waals surface area contributed by atoms with Gasteiger partial charge in [0.1, 0.15) is 11.6 Å². The second-order valence-electron chi connectivity index (χ2n) is 9.64. The van der Waals surface area contributed by atoms with Gasteiger partial charge in [-0.15, -0.1) is 11.8 Å². The molecule has 2 aromatic carbocycles. The zero-order valence-electron chi connectivity index (χ0n) is 21.0. The number of carbonyl (C=O) groups is 1. The van der Waals surface area contributed by atoms with Crippen molar-refractivity contribution in [1.82, 2.24) is 14.8 Å². The van der Waals surface area contributed by atoms with E-state index in [4.69, 9.17) is 28.9 Å². The standard InChI is InChI=1S/C29H29Cl2FN4OS/c1-18(26-23(30)8-9-24(32)27(26)31)38-25-16-21(17-34-28(25)33)19-4-6-20(7-5-19)29(37)36-14-10-22(11-15-36)35-12-2-3-13-35/h2,4-9,12,16-18,22H,3,10-11,13-15H2,1H3,(H2,33,34). The Morgan fingerprint density at radius 2 is 1.84 bits per heavy atom. The lowest BCUT2D eigenvalue weighted by molar-refractivity contribution is 0.0666. The molecular formula is C29H29Cl2FN4OS. The Balaban J connectivity index is 1.27. The first-order chi connectivity index (χ1) is 18.3. The van der Waals surface area contributed by atoms with Crippen LogP contribution in [0.15, 0.2) is 65.8 Å².